The van der Waals surface area contributed by atoms with Crippen LogP contribution in [0.1, 0.15) is 32.2 Å². The van der Waals surface area contributed by atoms with Crippen LogP contribution in [-0.2, 0) is 21.5 Å². The van der Waals surface area contributed by atoms with Crippen molar-refractivity contribution in [2.24, 2.45) is 0 Å². The molecule has 0 saturated heterocycles. The molecule has 31 heavy (non-hydrogen) atoms. The molecule has 7 nitrogen and oxygen atoms in total. The van der Waals surface area contributed by atoms with E-state index in [1.165, 1.54) is 5.56 Å². The zero-order valence-corrected chi connectivity index (χ0v) is 18.6. The van der Waals surface area contributed by atoms with Crippen molar-refractivity contribution in [3.63, 3.8) is 0 Å². The van der Waals surface area contributed by atoms with Gasteiger partial charge < -0.3 is 15.0 Å². The summed E-state index contributed by atoms with van der Waals surface area (Å²) in [5.41, 5.74) is 2.47. The maximum atomic E-state index is 12.7. The van der Waals surface area contributed by atoms with Crippen molar-refractivity contribution in [2.75, 3.05) is 32.1 Å². The van der Waals surface area contributed by atoms with E-state index in [1.54, 1.807) is 13.2 Å². The number of amides is 1. The molecule has 7 heteroatoms. The maximum absolute atomic E-state index is 12.7. The number of nitrogens with zero attached hydrogens (tertiary/aromatic N) is 2. The van der Waals surface area contributed by atoms with Gasteiger partial charge in [0.25, 0.3) is 5.56 Å². The highest BCUT2D eigenvalue weighted by Gasteiger charge is 2.16. The number of carbonyl (C=O) groups is 1. The Kier molecular flexibility index (Phi) is 7.20. The largest absolute Gasteiger partial charge is 0.383 e. The van der Waals surface area contributed by atoms with Gasteiger partial charge in [0.05, 0.1) is 30.6 Å². The second kappa shape index (κ2) is 9.85. The highest BCUT2D eigenvalue weighted by molar-refractivity contribution is 5.92. The van der Waals surface area contributed by atoms with E-state index in [9.17, 15) is 9.59 Å². The third-order valence-electron chi connectivity index (χ3n) is 5.05. The van der Waals surface area contributed by atoms with E-state index >= 15 is 0 Å². The molecule has 1 amide bonds. The summed E-state index contributed by atoms with van der Waals surface area (Å²) < 4.78 is 5.18. The van der Waals surface area contributed by atoms with Crippen LogP contribution < -0.4 is 10.9 Å². The van der Waals surface area contributed by atoms with Crippen molar-refractivity contribution < 1.29 is 9.53 Å². The predicted octanol–water partition coefficient (Wildman–Crippen LogP) is 3.31. The summed E-state index contributed by atoms with van der Waals surface area (Å²) in [4.78, 5) is 34.2. The number of fused-ring (bicyclic) bond motifs is 1. The number of nitrogens with one attached hydrogen (secondary N) is 2. The lowest BCUT2D eigenvalue weighted by molar-refractivity contribution is -0.117. The summed E-state index contributed by atoms with van der Waals surface area (Å²) in [5.74, 6) is 0.380. The number of hydrogen-bond acceptors (Lipinski definition) is 5. The number of carbonyl (C=O) groups excluding carboxylic acids is 1. The molecule has 0 spiro atoms. The van der Waals surface area contributed by atoms with E-state index in [0.717, 1.165) is 5.69 Å². The average molecular weight is 423 g/mol. The van der Waals surface area contributed by atoms with Crippen molar-refractivity contribution in [2.45, 2.75) is 32.7 Å². The molecule has 0 atom stereocenters. The number of aromatic nitrogens is 2. The van der Waals surface area contributed by atoms with Gasteiger partial charge in [-0.05, 0) is 35.2 Å². The lowest BCUT2D eigenvalue weighted by atomic mass is 9.87. The second-order valence-electron chi connectivity index (χ2n) is 8.61. The second-order valence-corrected chi connectivity index (χ2v) is 8.61. The summed E-state index contributed by atoms with van der Waals surface area (Å²) >= 11 is 0. The highest BCUT2D eigenvalue weighted by atomic mass is 16.5. The standard InChI is InChI=1S/C24H30N4O3/c1-24(2,3)17-9-11-18(12-10-17)25-22(29)16-28(13-14-31-4)15-21-26-20-8-6-5-7-19(20)23(30)27-21/h5-12H,13-16H2,1-4H3,(H,25,29)(H,26,27,30). The van der Waals surface area contributed by atoms with E-state index < -0.39 is 0 Å². The van der Waals surface area contributed by atoms with Crippen LogP contribution in [0.25, 0.3) is 10.9 Å². The molecular weight excluding hydrogens is 392 g/mol. The lowest BCUT2D eigenvalue weighted by Gasteiger charge is -2.21. The van der Waals surface area contributed by atoms with Crippen molar-refractivity contribution in [1.29, 1.82) is 0 Å². The first-order valence-electron chi connectivity index (χ1n) is 10.4. The molecule has 3 aromatic rings. The quantitative estimate of drug-likeness (QED) is 0.582. The van der Waals surface area contributed by atoms with Crippen molar-refractivity contribution in [3.8, 4) is 0 Å². The minimum Gasteiger partial charge on any atom is -0.383 e. The smallest absolute Gasteiger partial charge is 0.258 e. The number of anilines is 1. The van der Waals surface area contributed by atoms with Gasteiger partial charge in [-0.2, -0.15) is 0 Å². The predicted molar refractivity (Wildman–Crippen MR) is 123 cm³/mol. The van der Waals surface area contributed by atoms with Crippen LogP contribution in [0, 0.1) is 0 Å². The minimum atomic E-state index is -0.185. The Hall–Kier alpha value is -3.03. The van der Waals surface area contributed by atoms with E-state index in [0.29, 0.717) is 36.4 Å². The Labute approximate surface area is 182 Å². The van der Waals surface area contributed by atoms with Crippen molar-refractivity contribution >= 4 is 22.5 Å². The van der Waals surface area contributed by atoms with E-state index in [2.05, 4.69) is 36.1 Å². The summed E-state index contributed by atoms with van der Waals surface area (Å²) in [6.07, 6.45) is 0. The normalized spacial score (nSPS) is 11.8. The van der Waals surface area contributed by atoms with Crippen LogP contribution in [0.5, 0.6) is 0 Å². The number of aromatic amines is 1. The highest BCUT2D eigenvalue weighted by Crippen LogP contribution is 2.23. The molecule has 0 saturated carbocycles. The zero-order chi connectivity index (χ0) is 22.4. The van der Waals surface area contributed by atoms with Gasteiger partial charge in [0.1, 0.15) is 5.82 Å². The first kappa shape index (κ1) is 22.7. The Bertz CT molecular complexity index is 1080. The van der Waals surface area contributed by atoms with Gasteiger partial charge in [-0.1, -0.05) is 45.0 Å². The summed E-state index contributed by atoms with van der Waals surface area (Å²) in [6.45, 7) is 7.94. The molecular formula is C24H30N4O3. The first-order chi connectivity index (χ1) is 14.8. The molecule has 3 rings (SSSR count). The Morgan fingerprint density at radius 1 is 1.13 bits per heavy atom. The van der Waals surface area contributed by atoms with Gasteiger partial charge >= 0.3 is 0 Å². The Balaban J connectivity index is 1.69. The Morgan fingerprint density at radius 2 is 1.84 bits per heavy atom. The molecule has 1 aromatic heterocycles. The maximum Gasteiger partial charge on any atom is 0.258 e. The third kappa shape index (κ3) is 6.23. The third-order valence-corrected chi connectivity index (χ3v) is 5.05. The SMILES string of the molecule is COCCN(CC(=O)Nc1ccc(C(C)(C)C)cc1)Cc1nc2ccccc2c(=O)[nH]1. The molecule has 0 aliphatic carbocycles. The lowest BCUT2D eigenvalue weighted by Crippen LogP contribution is -2.36. The summed E-state index contributed by atoms with van der Waals surface area (Å²) in [7, 11) is 1.62. The Morgan fingerprint density at radius 3 is 2.52 bits per heavy atom. The molecule has 2 N–H and O–H groups in total. The zero-order valence-electron chi connectivity index (χ0n) is 18.6. The van der Waals surface area contributed by atoms with Gasteiger partial charge in [0.15, 0.2) is 0 Å². The monoisotopic (exact) mass is 422 g/mol. The first-order valence-corrected chi connectivity index (χ1v) is 10.4. The minimum absolute atomic E-state index is 0.0588. The molecule has 0 aliphatic heterocycles. The molecule has 0 bridgehead atoms. The van der Waals surface area contributed by atoms with Crippen molar-refractivity contribution in [1.82, 2.24) is 14.9 Å². The molecule has 0 fully saturated rings. The fourth-order valence-electron chi connectivity index (χ4n) is 3.31. The number of para-hydroxylation sites is 1. The van der Waals surface area contributed by atoms with Gasteiger partial charge in [0.2, 0.25) is 5.91 Å². The molecule has 0 aliphatic rings. The van der Waals surface area contributed by atoms with Gasteiger partial charge in [-0.25, -0.2) is 4.98 Å². The molecule has 164 valence electrons. The van der Waals surface area contributed by atoms with Gasteiger partial charge in [-0.15, -0.1) is 0 Å². The van der Waals surface area contributed by atoms with Crippen LogP contribution in [0.3, 0.4) is 0 Å². The number of hydrogen-bond donors (Lipinski definition) is 2. The van der Waals surface area contributed by atoms with Crippen LogP contribution in [0.4, 0.5) is 5.69 Å². The van der Waals surface area contributed by atoms with E-state index in [4.69, 9.17) is 4.74 Å². The summed E-state index contributed by atoms with van der Waals surface area (Å²) in [6, 6.07) is 15.1. The van der Waals surface area contributed by atoms with Crippen LogP contribution in [0.2, 0.25) is 0 Å². The van der Waals surface area contributed by atoms with Gasteiger partial charge in [0, 0.05) is 19.3 Å². The number of H-pyrrole nitrogens is 1. The number of rotatable bonds is 8. The number of ether oxygens (including phenoxy) is 1. The average Bonchev–Trinajstić information content (AvgIpc) is 2.72. The fraction of sp³-hybridized carbons (Fsp3) is 0.375. The van der Waals surface area contributed by atoms with E-state index in [1.807, 2.05) is 47.4 Å². The number of methoxy groups -OCH3 is 1. The van der Waals surface area contributed by atoms with E-state index in [-0.39, 0.29) is 23.4 Å². The van der Waals surface area contributed by atoms with Crippen LogP contribution in [0.15, 0.2) is 53.3 Å². The van der Waals surface area contributed by atoms with Crippen molar-refractivity contribution in [3.05, 3.63) is 70.3 Å². The summed E-state index contributed by atoms with van der Waals surface area (Å²) in [5, 5.41) is 3.49. The van der Waals surface area contributed by atoms with Crippen LogP contribution in [-0.4, -0.2) is 47.6 Å². The number of benzene rings is 2. The topological polar surface area (TPSA) is 87.3 Å². The molecule has 0 unspecified atom stereocenters. The van der Waals surface area contributed by atoms with Gasteiger partial charge in [-0.3, -0.25) is 14.5 Å². The molecule has 0 radical (unpaired) electrons. The van der Waals surface area contributed by atoms with Crippen LogP contribution >= 0.6 is 0 Å². The molecule has 1 heterocycles. The molecule has 2 aromatic carbocycles. The fourth-order valence-corrected chi connectivity index (χ4v) is 3.31.